The van der Waals surface area contributed by atoms with Gasteiger partial charge in [0.15, 0.2) is 0 Å². The zero-order valence-electron chi connectivity index (χ0n) is 23.9. The largest absolute Gasteiger partial charge is 0.481 e. The van der Waals surface area contributed by atoms with Gasteiger partial charge in [-0.25, -0.2) is 0 Å². The molecule has 4 rings (SSSR count). The molecule has 0 radical (unpaired) electrons. The second kappa shape index (κ2) is 10.8. The van der Waals surface area contributed by atoms with Crippen LogP contribution in [0.5, 0.6) is 0 Å². The molecule has 4 heteroatoms. The van der Waals surface area contributed by atoms with Crippen LogP contribution in [0, 0.1) is 52.3 Å². The maximum atomic E-state index is 12.2. The fourth-order valence-corrected chi connectivity index (χ4v) is 9.56. The molecule has 4 aliphatic carbocycles. The van der Waals surface area contributed by atoms with Gasteiger partial charge in [0.1, 0.15) is 6.10 Å². The Labute approximate surface area is 220 Å². The number of carboxylic acids is 1. The summed E-state index contributed by atoms with van der Waals surface area (Å²) in [6.45, 7) is 14.9. The number of carboxylic acid groups (broad SMARTS) is 1. The van der Waals surface area contributed by atoms with E-state index < -0.39 is 5.97 Å². The van der Waals surface area contributed by atoms with Gasteiger partial charge in [-0.2, -0.15) is 0 Å². The Morgan fingerprint density at radius 3 is 2.47 bits per heavy atom. The van der Waals surface area contributed by atoms with E-state index in [2.05, 4.69) is 47.6 Å². The second-order valence-corrected chi connectivity index (χ2v) is 14.0. The number of carbonyl (C=O) groups is 2. The number of fused-ring (bicyclic) bond motifs is 5. The molecule has 36 heavy (non-hydrogen) atoms. The number of ether oxygens (including phenoxy) is 1. The quantitative estimate of drug-likeness (QED) is 0.257. The molecular weight excluding hydrogens is 448 g/mol. The molecule has 204 valence electrons. The number of carbonyl (C=O) groups excluding carboxylic acids is 1. The molecule has 3 fully saturated rings. The van der Waals surface area contributed by atoms with E-state index in [1.165, 1.54) is 50.5 Å². The summed E-state index contributed by atoms with van der Waals surface area (Å²) in [5.41, 5.74) is 2.23. The molecule has 0 spiro atoms. The second-order valence-electron chi connectivity index (χ2n) is 14.0. The molecule has 3 saturated carbocycles. The Morgan fingerprint density at radius 2 is 1.78 bits per heavy atom. The highest BCUT2D eigenvalue weighted by molar-refractivity contribution is 5.76. The zero-order valence-corrected chi connectivity index (χ0v) is 23.9. The van der Waals surface area contributed by atoms with Gasteiger partial charge in [-0.15, -0.1) is 0 Å². The first-order chi connectivity index (χ1) is 17.0. The Hall–Kier alpha value is -1.32. The minimum absolute atomic E-state index is 0.0272. The van der Waals surface area contributed by atoms with Gasteiger partial charge in [0.2, 0.25) is 0 Å². The maximum absolute atomic E-state index is 12.2. The van der Waals surface area contributed by atoms with Crippen molar-refractivity contribution in [3.63, 3.8) is 0 Å². The van der Waals surface area contributed by atoms with Crippen LogP contribution in [0.4, 0.5) is 0 Å². The predicted octanol–water partition coefficient (Wildman–Crippen LogP) is 8.05. The minimum atomic E-state index is -0.943. The van der Waals surface area contributed by atoms with E-state index in [-0.39, 0.29) is 30.3 Å². The van der Waals surface area contributed by atoms with Gasteiger partial charge in [0, 0.05) is 6.42 Å². The van der Waals surface area contributed by atoms with Crippen molar-refractivity contribution < 1.29 is 19.4 Å². The summed E-state index contributed by atoms with van der Waals surface area (Å²) in [5, 5.41) is 8.87. The first kappa shape index (κ1) is 27.7. The Morgan fingerprint density at radius 1 is 1.03 bits per heavy atom. The van der Waals surface area contributed by atoms with Crippen molar-refractivity contribution in [1.29, 1.82) is 0 Å². The fraction of sp³-hybridized carbons (Fsp3) is 0.875. The van der Waals surface area contributed by atoms with Gasteiger partial charge in [-0.3, -0.25) is 9.59 Å². The summed E-state index contributed by atoms with van der Waals surface area (Å²) in [6.07, 6.45) is 14.8. The summed E-state index contributed by atoms with van der Waals surface area (Å²) >= 11 is 0. The predicted molar refractivity (Wildman–Crippen MR) is 144 cm³/mol. The first-order valence-corrected chi connectivity index (χ1v) is 15.1. The molecule has 0 aromatic heterocycles. The van der Waals surface area contributed by atoms with Crippen LogP contribution in [-0.4, -0.2) is 23.1 Å². The smallest absolute Gasteiger partial charge is 0.306 e. The molecule has 0 amide bonds. The van der Waals surface area contributed by atoms with Gasteiger partial charge < -0.3 is 9.84 Å². The van der Waals surface area contributed by atoms with Crippen molar-refractivity contribution >= 4 is 11.9 Å². The monoisotopic (exact) mass is 500 g/mol. The third-order valence-corrected chi connectivity index (χ3v) is 11.4. The van der Waals surface area contributed by atoms with Crippen LogP contribution in [0.3, 0.4) is 0 Å². The lowest BCUT2D eigenvalue weighted by atomic mass is 9.45. The lowest BCUT2D eigenvalue weighted by Crippen LogP contribution is -2.53. The Kier molecular flexibility index (Phi) is 8.32. The van der Waals surface area contributed by atoms with Gasteiger partial charge in [-0.05, 0) is 90.8 Å². The highest BCUT2D eigenvalue weighted by Gasteiger charge is 2.60. The van der Waals surface area contributed by atoms with Crippen LogP contribution in [0.2, 0.25) is 0 Å². The molecule has 9 atom stereocenters. The summed E-state index contributed by atoms with van der Waals surface area (Å²) in [5.74, 6) is 4.16. The third-order valence-electron chi connectivity index (χ3n) is 11.4. The average molecular weight is 501 g/mol. The molecule has 3 unspecified atom stereocenters. The minimum Gasteiger partial charge on any atom is -0.481 e. The van der Waals surface area contributed by atoms with E-state index >= 15 is 0 Å². The number of rotatable bonds is 9. The van der Waals surface area contributed by atoms with E-state index in [1.54, 1.807) is 0 Å². The third kappa shape index (κ3) is 5.30. The fourth-order valence-electron chi connectivity index (χ4n) is 9.56. The molecule has 0 heterocycles. The number of allylic oxidation sites excluding steroid dienone is 1. The van der Waals surface area contributed by atoms with Gasteiger partial charge >= 0.3 is 11.9 Å². The van der Waals surface area contributed by atoms with E-state index in [9.17, 15) is 9.59 Å². The summed E-state index contributed by atoms with van der Waals surface area (Å²) in [7, 11) is 0. The average Bonchev–Trinajstić information content (AvgIpc) is 3.15. The van der Waals surface area contributed by atoms with Crippen LogP contribution in [0.25, 0.3) is 0 Å². The van der Waals surface area contributed by atoms with Crippen molar-refractivity contribution in [2.24, 2.45) is 52.3 Å². The standard InChI is InChI=1S/C32H52O4/c1-20(2)8-7-9-21(3)25-10-11-26-30-22(4)18-23-19-24(36-29(35)13-12-28(33)34)14-16-31(23,5)27(30)15-17-32(25,26)6/h18,20-22,24-27,30H,7-17,19H2,1-6H3,(H,33,34)/t21-,22-,24+,25-,26?,27?,30?,31+,32-/m0/s1. The lowest BCUT2D eigenvalue weighted by molar-refractivity contribution is -0.154. The van der Waals surface area contributed by atoms with Crippen molar-refractivity contribution in [3.8, 4) is 0 Å². The Bertz CT molecular complexity index is 845. The van der Waals surface area contributed by atoms with Crippen LogP contribution in [0.15, 0.2) is 11.6 Å². The van der Waals surface area contributed by atoms with Crippen LogP contribution >= 0.6 is 0 Å². The number of aliphatic carboxylic acids is 1. The summed E-state index contributed by atoms with van der Waals surface area (Å²) < 4.78 is 5.74. The normalized spacial score (nSPS) is 40.6. The van der Waals surface area contributed by atoms with Crippen LogP contribution in [0.1, 0.15) is 119 Å². The molecule has 0 aromatic carbocycles. The molecule has 4 nitrogen and oxygen atoms in total. The summed E-state index contributed by atoms with van der Waals surface area (Å²) in [4.78, 5) is 23.0. The number of hydrogen-bond acceptors (Lipinski definition) is 3. The maximum Gasteiger partial charge on any atom is 0.306 e. The molecule has 0 aliphatic heterocycles. The molecule has 0 saturated heterocycles. The van der Waals surface area contributed by atoms with E-state index in [0.717, 1.165) is 54.8 Å². The molecule has 0 bridgehead atoms. The first-order valence-electron chi connectivity index (χ1n) is 15.1. The number of hydrogen-bond donors (Lipinski definition) is 1. The van der Waals surface area contributed by atoms with Crippen molar-refractivity contribution in [2.75, 3.05) is 0 Å². The topological polar surface area (TPSA) is 63.6 Å². The highest BCUT2D eigenvalue weighted by Crippen LogP contribution is 2.68. The van der Waals surface area contributed by atoms with Gasteiger partial charge in [0.05, 0.1) is 12.8 Å². The molecule has 0 aromatic rings. The summed E-state index contributed by atoms with van der Waals surface area (Å²) in [6, 6.07) is 0. The van der Waals surface area contributed by atoms with Crippen molar-refractivity contribution in [1.82, 2.24) is 0 Å². The van der Waals surface area contributed by atoms with Gasteiger partial charge in [0.25, 0.3) is 0 Å². The van der Waals surface area contributed by atoms with Crippen LogP contribution < -0.4 is 0 Å². The molecular formula is C32H52O4. The van der Waals surface area contributed by atoms with Crippen molar-refractivity contribution in [3.05, 3.63) is 11.6 Å². The molecule has 4 aliphatic rings. The van der Waals surface area contributed by atoms with Crippen molar-refractivity contribution in [2.45, 2.75) is 125 Å². The number of esters is 1. The van der Waals surface area contributed by atoms with E-state index in [0.29, 0.717) is 11.3 Å². The Balaban J connectivity index is 1.45. The van der Waals surface area contributed by atoms with E-state index in [1.807, 2.05) is 0 Å². The SMILES string of the molecule is CC(C)CCC[C@H](C)[C@@H]1CCC2C3C(CC[C@]21C)[C@]1(C)CC[C@@H](OC(=O)CCC(=O)O)CC1=C[C@@H]3C. The lowest BCUT2D eigenvalue weighted by Gasteiger charge is -2.60. The van der Waals surface area contributed by atoms with E-state index in [4.69, 9.17) is 9.84 Å². The highest BCUT2D eigenvalue weighted by atomic mass is 16.5. The van der Waals surface area contributed by atoms with Crippen LogP contribution in [-0.2, 0) is 14.3 Å². The van der Waals surface area contributed by atoms with Gasteiger partial charge in [-0.1, -0.05) is 72.5 Å². The molecule has 1 N–H and O–H groups in total. The zero-order chi connectivity index (χ0) is 26.3.